The maximum Gasteiger partial charge on any atom is 0.133 e. The minimum absolute atomic E-state index is 0.0409. The van der Waals surface area contributed by atoms with E-state index in [2.05, 4.69) is 29.8 Å². The minimum Gasteiger partial charge on any atom is -0.354 e. The van der Waals surface area contributed by atoms with E-state index in [0.717, 1.165) is 23.8 Å². The van der Waals surface area contributed by atoms with Crippen LogP contribution < -0.4 is 10.6 Å². The molecule has 1 aromatic rings. The molecule has 0 unspecified atom stereocenters. The number of hydrogen-bond acceptors (Lipinski definition) is 3. The zero-order valence-electron chi connectivity index (χ0n) is 11.1. The number of rotatable bonds is 5. The number of hydrogen-bond donors (Lipinski definition) is 1. The molecule has 1 aliphatic carbocycles. The first-order valence-electron chi connectivity index (χ1n) is 6.56. The fourth-order valence-corrected chi connectivity index (χ4v) is 2.13. The molecule has 0 radical (unpaired) electrons. The Balaban J connectivity index is 2.27. The van der Waals surface area contributed by atoms with E-state index in [1.165, 1.54) is 12.8 Å². The normalized spacial score (nSPS) is 17.2. The van der Waals surface area contributed by atoms with Crippen LogP contribution in [0, 0.1) is 5.92 Å². The van der Waals surface area contributed by atoms with Crippen molar-refractivity contribution in [1.82, 2.24) is 4.98 Å². The first kappa shape index (κ1) is 12.4. The molecule has 1 saturated carbocycles. The highest BCUT2D eigenvalue weighted by Crippen LogP contribution is 2.33. The highest BCUT2D eigenvalue weighted by atomic mass is 15.2. The van der Waals surface area contributed by atoms with E-state index in [1.54, 1.807) is 0 Å². The van der Waals surface area contributed by atoms with Crippen LogP contribution in [-0.4, -0.2) is 17.6 Å². The summed E-state index contributed by atoms with van der Waals surface area (Å²) >= 11 is 0. The summed E-state index contributed by atoms with van der Waals surface area (Å²) in [5, 5.41) is 0. The third-order valence-electron chi connectivity index (χ3n) is 3.35. The van der Waals surface area contributed by atoms with Crippen LogP contribution in [0.5, 0.6) is 0 Å². The zero-order chi connectivity index (χ0) is 12.4. The Morgan fingerprint density at radius 1 is 1.41 bits per heavy atom. The van der Waals surface area contributed by atoms with E-state index in [9.17, 15) is 0 Å². The highest BCUT2D eigenvalue weighted by molar-refractivity contribution is 5.49. The van der Waals surface area contributed by atoms with Crippen molar-refractivity contribution >= 4 is 5.82 Å². The van der Waals surface area contributed by atoms with Crippen molar-refractivity contribution in [3.63, 3.8) is 0 Å². The standard InChI is InChI=1S/C14H23N3/c1-10(2)17(9-12-6-7-12)14-13(11(3)15)5-4-8-16-14/h4-5,8,10-12H,6-7,9,15H2,1-3H3/t11-/m1/s1. The van der Waals surface area contributed by atoms with Crippen LogP contribution in [0.4, 0.5) is 5.82 Å². The lowest BCUT2D eigenvalue weighted by Gasteiger charge is -2.30. The summed E-state index contributed by atoms with van der Waals surface area (Å²) in [6.07, 6.45) is 4.59. The lowest BCUT2D eigenvalue weighted by Crippen LogP contribution is -2.34. The van der Waals surface area contributed by atoms with Gasteiger partial charge in [0.25, 0.3) is 0 Å². The second kappa shape index (κ2) is 5.05. The summed E-state index contributed by atoms with van der Waals surface area (Å²) < 4.78 is 0. The third-order valence-corrected chi connectivity index (χ3v) is 3.35. The molecule has 0 aromatic carbocycles. The van der Waals surface area contributed by atoms with E-state index in [1.807, 2.05) is 19.2 Å². The highest BCUT2D eigenvalue weighted by Gasteiger charge is 2.27. The summed E-state index contributed by atoms with van der Waals surface area (Å²) in [5.41, 5.74) is 7.19. The van der Waals surface area contributed by atoms with Crippen LogP contribution >= 0.6 is 0 Å². The average Bonchev–Trinajstić information content (AvgIpc) is 3.09. The van der Waals surface area contributed by atoms with Crippen molar-refractivity contribution < 1.29 is 0 Å². The molecule has 0 saturated heterocycles. The predicted molar refractivity (Wildman–Crippen MR) is 72.0 cm³/mol. The molecule has 3 heteroatoms. The van der Waals surface area contributed by atoms with Gasteiger partial charge in [0.05, 0.1) is 0 Å². The van der Waals surface area contributed by atoms with Gasteiger partial charge in [-0.15, -0.1) is 0 Å². The van der Waals surface area contributed by atoms with Gasteiger partial charge in [-0.1, -0.05) is 6.07 Å². The summed E-state index contributed by atoms with van der Waals surface area (Å²) in [5.74, 6) is 1.93. The maximum atomic E-state index is 6.03. The van der Waals surface area contributed by atoms with Crippen LogP contribution in [0.25, 0.3) is 0 Å². The fraction of sp³-hybridized carbons (Fsp3) is 0.643. The van der Waals surface area contributed by atoms with Crippen molar-refractivity contribution in [1.29, 1.82) is 0 Å². The van der Waals surface area contributed by atoms with Crippen molar-refractivity contribution in [2.24, 2.45) is 11.7 Å². The fourth-order valence-electron chi connectivity index (χ4n) is 2.13. The monoisotopic (exact) mass is 233 g/mol. The van der Waals surface area contributed by atoms with Gasteiger partial charge in [0.1, 0.15) is 5.82 Å². The van der Waals surface area contributed by atoms with Gasteiger partial charge in [0.15, 0.2) is 0 Å². The summed E-state index contributed by atoms with van der Waals surface area (Å²) in [6, 6.07) is 4.58. The van der Waals surface area contributed by atoms with Gasteiger partial charge in [-0.3, -0.25) is 0 Å². The molecule has 0 bridgehead atoms. The molecule has 1 fully saturated rings. The Labute approximate surface area is 104 Å². The lowest BCUT2D eigenvalue weighted by molar-refractivity contribution is 0.628. The average molecular weight is 233 g/mol. The molecule has 94 valence electrons. The molecular weight excluding hydrogens is 210 g/mol. The van der Waals surface area contributed by atoms with Crippen LogP contribution in [-0.2, 0) is 0 Å². The molecule has 0 spiro atoms. The van der Waals surface area contributed by atoms with Crippen LogP contribution in [0.15, 0.2) is 18.3 Å². The molecule has 2 rings (SSSR count). The second-order valence-electron chi connectivity index (χ2n) is 5.39. The van der Waals surface area contributed by atoms with Crippen molar-refractivity contribution in [2.75, 3.05) is 11.4 Å². The molecule has 1 aromatic heterocycles. The van der Waals surface area contributed by atoms with Gasteiger partial charge in [0, 0.05) is 30.4 Å². The van der Waals surface area contributed by atoms with Crippen LogP contribution in [0.3, 0.4) is 0 Å². The number of nitrogens with zero attached hydrogens (tertiary/aromatic N) is 2. The number of anilines is 1. The molecule has 0 aliphatic heterocycles. The second-order valence-corrected chi connectivity index (χ2v) is 5.39. The smallest absolute Gasteiger partial charge is 0.133 e. The van der Waals surface area contributed by atoms with Gasteiger partial charge >= 0.3 is 0 Å². The first-order valence-corrected chi connectivity index (χ1v) is 6.56. The Bertz CT molecular complexity index is 369. The molecule has 1 heterocycles. The van der Waals surface area contributed by atoms with Crippen molar-refractivity contribution in [2.45, 2.75) is 45.7 Å². The predicted octanol–water partition coefficient (Wildman–Crippen LogP) is 2.73. The Morgan fingerprint density at radius 3 is 2.65 bits per heavy atom. The minimum atomic E-state index is 0.0409. The molecule has 17 heavy (non-hydrogen) atoms. The van der Waals surface area contributed by atoms with Crippen LogP contribution in [0.1, 0.15) is 45.2 Å². The third kappa shape index (κ3) is 2.97. The molecule has 0 amide bonds. The van der Waals surface area contributed by atoms with E-state index < -0.39 is 0 Å². The summed E-state index contributed by atoms with van der Waals surface area (Å²) in [7, 11) is 0. The largest absolute Gasteiger partial charge is 0.354 e. The maximum absolute atomic E-state index is 6.03. The van der Waals surface area contributed by atoms with Crippen molar-refractivity contribution in [3.8, 4) is 0 Å². The number of pyridine rings is 1. The summed E-state index contributed by atoms with van der Waals surface area (Å²) in [4.78, 5) is 6.95. The van der Waals surface area contributed by atoms with Gasteiger partial charge in [-0.25, -0.2) is 4.98 Å². The number of nitrogens with two attached hydrogens (primary N) is 1. The van der Waals surface area contributed by atoms with Gasteiger partial charge in [-0.05, 0) is 45.6 Å². The quantitative estimate of drug-likeness (QED) is 0.850. The molecular formula is C14H23N3. The molecule has 3 nitrogen and oxygen atoms in total. The lowest BCUT2D eigenvalue weighted by atomic mass is 10.1. The van der Waals surface area contributed by atoms with E-state index >= 15 is 0 Å². The van der Waals surface area contributed by atoms with E-state index in [-0.39, 0.29) is 6.04 Å². The Morgan fingerprint density at radius 2 is 2.12 bits per heavy atom. The Kier molecular flexibility index (Phi) is 3.67. The van der Waals surface area contributed by atoms with Gasteiger partial charge < -0.3 is 10.6 Å². The first-order chi connectivity index (χ1) is 8.09. The van der Waals surface area contributed by atoms with E-state index in [0.29, 0.717) is 6.04 Å². The van der Waals surface area contributed by atoms with E-state index in [4.69, 9.17) is 5.73 Å². The topological polar surface area (TPSA) is 42.2 Å². The SMILES string of the molecule is CC(C)N(CC1CC1)c1ncccc1[C@@H](C)N. The van der Waals surface area contributed by atoms with Crippen molar-refractivity contribution in [3.05, 3.63) is 23.9 Å². The molecule has 2 N–H and O–H groups in total. The molecule has 1 aliphatic rings. The van der Waals surface area contributed by atoms with Gasteiger partial charge in [-0.2, -0.15) is 0 Å². The number of aromatic nitrogens is 1. The van der Waals surface area contributed by atoms with Gasteiger partial charge in [0.2, 0.25) is 0 Å². The summed E-state index contributed by atoms with van der Waals surface area (Å²) in [6.45, 7) is 7.59. The van der Waals surface area contributed by atoms with Crippen LogP contribution in [0.2, 0.25) is 0 Å². The Hall–Kier alpha value is -1.09. The zero-order valence-corrected chi connectivity index (χ0v) is 11.1. The molecule has 1 atom stereocenters.